The van der Waals surface area contributed by atoms with Gasteiger partial charge < -0.3 is 10.5 Å². The number of ether oxygens (including phenoxy) is 1. The van der Waals surface area contributed by atoms with Crippen molar-refractivity contribution in [1.29, 1.82) is 0 Å². The molecule has 0 aliphatic rings. The Bertz CT molecular complexity index is 1440. The molecule has 2 N–H and O–H groups in total. The Kier molecular flexibility index (Phi) is 7.78. The first-order valence-corrected chi connectivity index (χ1v) is 13.4. The molecule has 6 nitrogen and oxygen atoms in total. The van der Waals surface area contributed by atoms with E-state index in [0.717, 1.165) is 9.65 Å². The minimum absolute atomic E-state index is 0.0376. The highest BCUT2D eigenvalue weighted by Gasteiger charge is 2.25. The van der Waals surface area contributed by atoms with Gasteiger partial charge in [-0.05, 0) is 61.6 Å². The third kappa shape index (κ3) is 5.46. The summed E-state index contributed by atoms with van der Waals surface area (Å²) in [5.74, 6) is -0.359. The van der Waals surface area contributed by atoms with Gasteiger partial charge in [-0.2, -0.15) is 17.6 Å². The Morgan fingerprint density at radius 1 is 1.08 bits per heavy atom. The summed E-state index contributed by atoms with van der Waals surface area (Å²) >= 11 is 6.25. The number of hydrogen-bond acceptors (Lipinski definition) is 5. The first-order chi connectivity index (χ1) is 17.2. The van der Waals surface area contributed by atoms with Crippen molar-refractivity contribution in [3.63, 3.8) is 0 Å². The molecule has 9 heteroatoms. The van der Waals surface area contributed by atoms with Gasteiger partial charge in [0.2, 0.25) is 0 Å². The van der Waals surface area contributed by atoms with E-state index in [1.54, 1.807) is 48.5 Å². The van der Waals surface area contributed by atoms with Crippen molar-refractivity contribution >= 4 is 21.6 Å². The van der Waals surface area contributed by atoms with Gasteiger partial charge in [0.15, 0.2) is 11.6 Å². The number of nitrogens with two attached hydrogens (primary N) is 1. The van der Waals surface area contributed by atoms with E-state index in [1.165, 1.54) is 24.5 Å². The normalized spacial score (nSPS) is 13.4. The first kappa shape index (κ1) is 25.9. The van der Waals surface area contributed by atoms with E-state index < -0.39 is 21.9 Å². The minimum Gasteiger partial charge on any atom is -0.453 e. The molecule has 3 aromatic carbocycles. The van der Waals surface area contributed by atoms with Crippen LogP contribution in [0.4, 0.5) is 4.39 Å². The molecule has 0 aliphatic carbocycles. The van der Waals surface area contributed by atoms with Gasteiger partial charge >= 0.3 is 0 Å². The minimum atomic E-state index is -3.84. The highest BCUT2D eigenvalue weighted by Crippen LogP contribution is 2.39. The van der Waals surface area contributed by atoms with Gasteiger partial charge in [0.05, 0.1) is 16.1 Å². The van der Waals surface area contributed by atoms with Crippen LogP contribution in [-0.2, 0) is 10.0 Å². The average molecular weight is 528 g/mol. The van der Waals surface area contributed by atoms with Gasteiger partial charge in [0, 0.05) is 17.8 Å². The second-order valence-corrected chi connectivity index (χ2v) is 10.8. The molecule has 4 aromatic rings. The predicted octanol–water partition coefficient (Wildman–Crippen LogP) is 6.60. The Morgan fingerprint density at radius 2 is 1.78 bits per heavy atom. The van der Waals surface area contributed by atoms with Gasteiger partial charge in [-0.25, -0.2) is 4.39 Å². The van der Waals surface area contributed by atoms with Crippen LogP contribution in [0.5, 0.6) is 11.5 Å². The van der Waals surface area contributed by atoms with Crippen molar-refractivity contribution in [2.24, 2.45) is 5.73 Å². The fourth-order valence-electron chi connectivity index (χ4n) is 3.98. The third-order valence-corrected chi connectivity index (χ3v) is 7.94. The molecule has 0 fully saturated rings. The lowest BCUT2D eigenvalue weighted by molar-refractivity contribution is 0.428. The number of nitrogens with zero attached hydrogens (tertiary/aromatic N) is 2. The van der Waals surface area contributed by atoms with E-state index in [0.29, 0.717) is 29.7 Å². The van der Waals surface area contributed by atoms with Crippen molar-refractivity contribution in [2.75, 3.05) is 0 Å². The molecule has 0 amide bonds. The number of rotatable bonds is 9. The number of aryl methyl sites for hydroxylation is 1. The summed E-state index contributed by atoms with van der Waals surface area (Å²) in [4.78, 5) is 0.136. The summed E-state index contributed by atoms with van der Waals surface area (Å²) in [6, 6.07) is 18.1. The molecule has 4 rings (SSSR count). The Balaban J connectivity index is 1.55. The van der Waals surface area contributed by atoms with Crippen LogP contribution in [0.25, 0.3) is 0 Å². The Morgan fingerprint density at radius 3 is 2.44 bits per heavy atom. The van der Waals surface area contributed by atoms with Crippen LogP contribution in [0.3, 0.4) is 0 Å². The molecular weight excluding hydrogens is 501 g/mol. The smallest absolute Gasteiger partial charge is 0.282 e. The third-order valence-electron chi connectivity index (χ3n) is 6.09. The monoisotopic (exact) mass is 527 g/mol. The second-order valence-electron chi connectivity index (χ2n) is 8.61. The van der Waals surface area contributed by atoms with Gasteiger partial charge in [0.1, 0.15) is 5.75 Å². The van der Waals surface area contributed by atoms with E-state index in [-0.39, 0.29) is 21.6 Å². The average Bonchev–Trinajstić information content (AvgIpc) is 3.38. The topological polar surface area (TPSA) is 87.2 Å². The highest BCUT2D eigenvalue weighted by molar-refractivity contribution is 7.89. The van der Waals surface area contributed by atoms with Crippen LogP contribution in [0.15, 0.2) is 84.0 Å². The summed E-state index contributed by atoms with van der Waals surface area (Å²) in [6.07, 6.45) is 3.82. The molecule has 36 heavy (non-hydrogen) atoms. The maximum absolute atomic E-state index is 15.5. The molecule has 0 saturated carbocycles. The van der Waals surface area contributed by atoms with Crippen molar-refractivity contribution < 1.29 is 17.5 Å². The van der Waals surface area contributed by atoms with E-state index in [1.807, 2.05) is 19.9 Å². The van der Waals surface area contributed by atoms with Crippen molar-refractivity contribution in [3.05, 3.63) is 107 Å². The zero-order valence-corrected chi connectivity index (χ0v) is 21.5. The molecule has 0 radical (unpaired) electrons. The van der Waals surface area contributed by atoms with Gasteiger partial charge in [-0.15, -0.1) is 0 Å². The van der Waals surface area contributed by atoms with E-state index >= 15 is 4.39 Å². The molecule has 1 unspecified atom stereocenters. The van der Waals surface area contributed by atoms with E-state index in [4.69, 9.17) is 22.1 Å². The van der Waals surface area contributed by atoms with Gasteiger partial charge in [-0.1, -0.05) is 60.5 Å². The number of para-hydroxylation sites is 1. The fourth-order valence-corrected chi connectivity index (χ4v) is 5.29. The summed E-state index contributed by atoms with van der Waals surface area (Å²) in [6.45, 7) is 3.82. The zero-order chi connectivity index (χ0) is 25.9. The summed E-state index contributed by atoms with van der Waals surface area (Å²) in [5.41, 5.74) is 8.37. The second kappa shape index (κ2) is 10.8. The Labute approximate surface area is 215 Å². The molecule has 2 atom stereocenters. The SMILES string of the molecule is CC[C@H](CC(N)c1cnn(S(=O)(=O)c2ccc(C)cc2)c1)c1ccc(Cl)c(Oc2ccccc2)c1F. The molecule has 1 heterocycles. The number of hydrogen-bond donors (Lipinski definition) is 1. The largest absolute Gasteiger partial charge is 0.453 e. The van der Waals surface area contributed by atoms with E-state index in [9.17, 15) is 8.42 Å². The van der Waals surface area contributed by atoms with Crippen molar-refractivity contribution in [3.8, 4) is 11.5 Å². The lowest BCUT2D eigenvalue weighted by Gasteiger charge is -2.21. The van der Waals surface area contributed by atoms with Crippen LogP contribution >= 0.6 is 11.6 Å². The quantitative estimate of drug-likeness (QED) is 0.265. The molecule has 0 spiro atoms. The predicted molar refractivity (Wildman–Crippen MR) is 138 cm³/mol. The first-order valence-electron chi connectivity index (χ1n) is 11.5. The lowest BCUT2D eigenvalue weighted by atomic mass is 9.88. The molecule has 1 aromatic heterocycles. The summed E-state index contributed by atoms with van der Waals surface area (Å²) < 4.78 is 48.1. The highest BCUT2D eigenvalue weighted by atomic mass is 35.5. The zero-order valence-electron chi connectivity index (χ0n) is 19.9. The van der Waals surface area contributed by atoms with Gasteiger partial charge in [-0.3, -0.25) is 0 Å². The lowest BCUT2D eigenvalue weighted by Crippen LogP contribution is -2.16. The summed E-state index contributed by atoms with van der Waals surface area (Å²) in [7, 11) is -3.84. The molecule has 0 bridgehead atoms. The maximum Gasteiger partial charge on any atom is 0.282 e. The molecule has 188 valence electrons. The van der Waals surface area contributed by atoms with E-state index in [2.05, 4.69) is 5.10 Å². The number of benzene rings is 3. The van der Waals surface area contributed by atoms with Crippen LogP contribution < -0.4 is 10.5 Å². The van der Waals surface area contributed by atoms with Crippen LogP contribution in [0.2, 0.25) is 5.02 Å². The number of aromatic nitrogens is 2. The standard InChI is InChI=1S/C27H27ClFN3O3S/c1-3-19(23-13-14-24(28)27(26(23)29)35-21-7-5-4-6-8-21)15-25(30)20-16-31-32(17-20)36(33,34)22-11-9-18(2)10-12-22/h4-14,16-17,19,25H,3,15,30H2,1-2H3/t19-,25?/m1/s1. The van der Waals surface area contributed by atoms with Crippen LogP contribution in [0, 0.1) is 12.7 Å². The van der Waals surface area contributed by atoms with Crippen molar-refractivity contribution in [1.82, 2.24) is 9.19 Å². The molecule has 0 saturated heterocycles. The Hall–Kier alpha value is -3.20. The van der Waals surface area contributed by atoms with Crippen LogP contribution in [0.1, 0.15) is 48.4 Å². The maximum atomic E-state index is 15.5. The van der Waals surface area contributed by atoms with Crippen molar-refractivity contribution in [2.45, 2.75) is 43.5 Å². The molecule has 0 aliphatic heterocycles. The van der Waals surface area contributed by atoms with Gasteiger partial charge in [0.25, 0.3) is 10.0 Å². The fraction of sp³-hybridized carbons (Fsp3) is 0.222. The van der Waals surface area contributed by atoms with Crippen LogP contribution in [-0.4, -0.2) is 17.6 Å². The number of halogens is 2. The molecular formula is C27H27ClFN3O3S. The summed E-state index contributed by atoms with van der Waals surface area (Å²) in [5, 5.41) is 4.21.